The number of esters is 1. The zero-order chi connectivity index (χ0) is 30.1. The lowest BCUT2D eigenvalue weighted by molar-refractivity contribution is 0.0600. The second kappa shape index (κ2) is 11.4. The van der Waals surface area contributed by atoms with E-state index in [-0.39, 0.29) is 22.9 Å². The molecular formula is C32H41N5O4. The van der Waals surface area contributed by atoms with Crippen molar-refractivity contribution in [2.24, 2.45) is 7.05 Å². The Balaban J connectivity index is 1.67. The molecule has 2 heterocycles. The summed E-state index contributed by atoms with van der Waals surface area (Å²) in [4.78, 5) is 40.3. The van der Waals surface area contributed by atoms with Crippen molar-refractivity contribution in [3.05, 3.63) is 76.1 Å². The first kappa shape index (κ1) is 29.8. The van der Waals surface area contributed by atoms with Gasteiger partial charge in [-0.25, -0.2) is 9.59 Å². The Morgan fingerprint density at radius 3 is 2.37 bits per heavy atom. The number of aromatic nitrogens is 2. The summed E-state index contributed by atoms with van der Waals surface area (Å²) in [5.41, 5.74) is 6.22. The minimum atomic E-state index is -0.394. The van der Waals surface area contributed by atoms with Crippen LogP contribution in [0.5, 0.6) is 0 Å². The third kappa shape index (κ3) is 6.78. The van der Waals surface area contributed by atoms with E-state index in [0.29, 0.717) is 37.3 Å². The van der Waals surface area contributed by atoms with Gasteiger partial charge in [-0.1, -0.05) is 45.0 Å². The van der Waals surface area contributed by atoms with Crippen molar-refractivity contribution in [2.45, 2.75) is 72.0 Å². The van der Waals surface area contributed by atoms with Crippen molar-refractivity contribution in [1.82, 2.24) is 25.3 Å². The SMILES string of the molecule is COC(=O)c1cccc(-c2ccc(CNC(=O)c3cc(C(C)(C)C)nn3C)c3c2CCN(C(=O)NC(C)(C)C)C3)c1. The highest BCUT2D eigenvalue weighted by molar-refractivity contribution is 5.93. The van der Waals surface area contributed by atoms with E-state index in [4.69, 9.17) is 4.74 Å². The predicted octanol–water partition coefficient (Wildman–Crippen LogP) is 4.97. The number of hydrogen-bond donors (Lipinski definition) is 2. The molecule has 0 fully saturated rings. The fourth-order valence-corrected chi connectivity index (χ4v) is 4.99. The van der Waals surface area contributed by atoms with E-state index < -0.39 is 5.97 Å². The van der Waals surface area contributed by atoms with Crippen molar-refractivity contribution in [3.63, 3.8) is 0 Å². The molecule has 1 aliphatic heterocycles. The Morgan fingerprint density at radius 2 is 1.73 bits per heavy atom. The maximum atomic E-state index is 13.2. The quantitative estimate of drug-likeness (QED) is 0.430. The van der Waals surface area contributed by atoms with Gasteiger partial charge in [-0.2, -0.15) is 5.10 Å². The molecule has 0 radical (unpaired) electrons. The van der Waals surface area contributed by atoms with Crippen LogP contribution in [0.2, 0.25) is 0 Å². The number of carbonyl (C=O) groups excluding carboxylic acids is 3. The van der Waals surface area contributed by atoms with Gasteiger partial charge >= 0.3 is 12.0 Å². The summed E-state index contributed by atoms with van der Waals surface area (Å²) in [5.74, 6) is -0.605. The number of methoxy groups -OCH3 is 1. The Hall–Kier alpha value is -4.14. The number of urea groups is 1. The van der Waals surface area contributed by atoms with Crippen molar-refractivity contribution in [1.29, 1.82) is 0 Å². The molecule has 0 saturated carbocycles. The fourth-order valence-electron chi connectivity index (χ4n) is 4.99. The first-order chi connectivity index (χ1) is 19.2. The molecule has 0 spiro atoms. The highest BCUT2D eigenvalue weighted by atomic mass is 16.5. The molecule has 2 N–H and O–H groups in total. The average molecular weight is 560 g/mol. The molecule has 0 aliphatic carbocycles. The molecule has 9 nitrogen and oxygen atoms in total. The van der Waals surface area contributed by atoms with Gasteiger partial charge in [0.2, 0.25) is 0 Å². The number of benzene rings is 2. The molecule has 2 aromatic carbocycles. The molecule has 218 valence electrons. The number of hydrogen-bond acceptors (Lipinski definition) is 5. The molecule has 0 bridgehead atoms. The van der Waals surface area contributed by atoms with Crippen molar-refractivity contribution >= 4 is 17.9 Å². The molecule has 0 atom stereocenters. The number of ether oxygens (including phenoxy) is 1. The number of nitrogens with one attached hydrogen (secondary N) is 2. The molecule has 1 aliphatic rings. The van der Waals surface area contributed by atoms with Gasteiger partial charge in [-0.15, -0.1) is 0 Å². The van der Waals surface area contributed by atoms with E-state index >= 15 is 0 Å². The summed E-state index contributed by atoms with van der Waals surface area (Å²) in [7, 11) is 3.14. The van der Waals surface area contributed by atoms with Crippen LogP contribution in [0.15, 0.2) is 42.5 Å². The van der Waals surface area contributed by atoms with Crippen LogP contribution in [-0.2, 0) is 36.7 Å². The first-order valence-electron chi connectivity index (χ1n) is 13.9. The number of fused-ring (bicyclic) bond motifs is 1. The third-order valence-electron chi connectivity index (χ3n) is 7.19. The Labute approximate surface area is 242 Å². The van der Waals surface area contributed by atoms with Gasteiger partial charge in [0.25, 0.3) is 5.91 Å². The van der Waals surface area contributed by atoms with Crippen LogP contribution in [0.4, 0.5) is 4.79 Å². The van der Waals surface area contributed by atoms with Gasteiger partial charge in [0.15, 0.2) is 0 Å². The number of amides is 3. The lowest BCUT2D eigenvalue weighted by Crippen LogP contribution is -2.50. The number of carbonyl (C=O) groups is 3. The van der Waals surface area contributed by atoms with Crippen LogP contribution in [0.1, 0.15) is 84.8 Å². The van der Waals surface area contributed by atoms with Crippen LogP contribution in [0.25, 0.3) is 11.1 Å². The minimum Gasteiger partial charge on any atom is -0.465 e. The van der Waals surface area contributed by atoms with Crippen molar-refractivity contribution in [3.8, 4) is 11.1 Å². The molecule has 9 heteroatoms. The maximum Gasteiger partial charge on any atom is 0.337 e. The Bertz CT molecular complexity index is 1480. The van der Waals surface area contributed by atoms with E-state index in [1.54, 1.807) is 17.8 Å². The second-order valence-electron chi connectivity index (χ2n) is 12.6. The van der Waals surface area contributed by atoms with Gasteiger partial charge in [0.1, 0.15) is 5.69 Å². The van der Waals surface area contributed by atoms with Crippen LogP contribution >= 0.6 is 0 Å². The van der Waals surface area contributed by atoms with E-state index in [1.165, 1.54) is 7.11 Å². The second-order valence-corrected chi connectivity index (χ2v) is 12.6. The van der Waals surface area contributed by atoms with E-state index in [0.717, 1.165) is 33.5 Å². The molecule has 3 amide bonds. The lowest BCUT2D eigenvalue weighted by atomic mass is 9.87. The van der Waals surface area contributed by atoms with Gasteiger partial charge < -0.3 is 20.3 Å². The summed E-state index contributed by atoms with van der Waals surface area (Å²) in [5, 5.41) is 10.7. The number of aryl methyl sites for hydroxylation is 1. The number of nitrogens with zero attached hydrogens (tertiary/aromatic N) is 3. The van der Waals surface area contributed by atoms with Crippen molar-refractivity contribution < 1.29 is 19.1 Å². The molecule has 4 rings (SSSR count). The van der Waals surface area contributed by atoms with E-state index in [2.05, 4.69) is 36.5 Å². The minimum absolute atomic E-state index is 0.124. The lowest BCUT2D eigenvalue weighted by Gasteiger charge is -2.34. The van der Waals surface area contributed by atoms with Gasteiger partial charge in [0.05, 0.1) is 18.4 Å². The zero-order valence-corrected chi connectivity index (χ0v) is 25.3. The van der Waals surface area contributed by atoms with Gasteiger partial charge in [-0.3, -0.25) is 9.48 Å². The molecule has 0 unspecified atom stereocenters. The summed E-state index contributed by atoms with van der Waals surface area (Å²) in [6.45, 7) is 13.3. The van der Waals surface area contributed by atoms with Crippen LogP contribution in [0.3, 0.4) is 0 Å². The van der Waals surface area contributed by atoms with Crippen molar-refractivity contribution in [2.75, 3.05) is 13.7 Å². The molecule has 41 heavy (non-hydrogen) atoms. The zero-order valence-electron chi connectivity index (χ0n) is 25.3. The highest BCUT2D eigenvalue weighted by Gasteiger charge is 2.28. The standard InChI is InChI=1S/C32H41N5O4/c1-31(2,3)27-17-26(36(7)35-27)28(38)33-18-22-12-13-23(20-10-9-11-21(16-20)29(39)41-8)24-14-15-37(19-25(22)24)30(40)34-32(4,5)6/h9-13,16-17H,14-15,18-19H2,1-8H3,(H,33,38)(H,34,40). The maximum absolute atomic E-state index is 13.2. The van der Waals surface area contributed by atoms with Crippen LogP contribution in [-0.4, -0.2) is 51.8 Å². The van der Waals surface area contributed by atoms with Crippen LogP contribution < -0.4 is 10.6 Å². The molecule has 3 aromatic rings. The Morgan fingerprint density at radius 1 is 1.00 bits per heavy atom. The van der Waals surface area contributed by atoms with Gasteiger partial charge in [-0.05, 0) is 73.2 Å². The van der Waals surface area contributed by atoms with E-state index in [1.807, 2.05) is 62.1 Å². The predicted molar refractivity (Wildman–Crippen MR) is 159 cm³/mol. The monoisotopic (exact) mass is 559 g/mol. The summed E-state index contributed by atoms with van der Waals surface area (Å²) >= 11 is 0. The third-order valence-corrected chi connectivity index (χ3v) is 7.19. The van der Waals surface area contributed by atoms with Gasteiger partial charge in [0, 0.05) is 37.6 Å². The summed E-state index contributed by atoms with van der Waals surface area (Å²) in [6, 6.07) is 13.1. The summed E-state index contributed by atoms with van der Waals surface area (Å²) in [6.07, 6.45) is 0.642. The Kier molecular flexibility index (Phi) is 8.29. The first-order valence-corrected chi connectivity index (χ1v) is 13.9. The molecular weight excluding hydrogens is 518 g/mol. The molecule has 1 aromatic heterocycles. The van der Waals surface area contributed by atoms with E-state index in [9.17, 15) is 14.4 Å². The normalized spacial score (nSPS) is 13.4. The average Bonchev–Trinajstić information content (AvgIpc) is 3.32. The fraction of sp³-hybridized carbons (Fsp3) is 0.438. The van der Waals surface area contributed by atoms with Crippen LogP contribution in [0, 0.1) is 0 Å². The smallest absolute Gasteiger partial charge is 0.337 e. The largest absolute Gasteiger partial charge is 0.465 e. The topological polar surface area (TPSA) is 106 Å². The number of rotatable bonds is 5. The highest BCUT2D eigenvalue weighted by Crippen LogP contribution is 2.33. The summed E-state index contributed by atoms with van der Waals surface area (Å²) < 4.78 is 6.53. The molecule has 0 saturated heterocycles.